The molecule has 1 heterocycles. The smallest absolute Gasteiger partial charge is 0.268 e. The first-order valence-corrected chi connectivity index (χ1v) is 9.48. The van der Waals surface area contributed by atoms with Gasteiger partial charge in [0.15, 0.2) is 0 Å². The van der Waals surface area contributed by atoms with Crippen LogP contribution in [0.5, 0.6) is 0 Å². The Morgan fingerprint density at radius 3 is 2.27 bits per heavy atom. The number of thioether (sulfide) groups is 1. The molecule has 0 radical (unpaired) electrons. The molecule has 0 atom stereocenters. The van der Waals surface area contributed by atoms with Crippen LogP contribution in [0.2, 0.25) is 0 Å². The molecule has 26 heavy (non-hydrogen) atoms. The summed E-state index contributed by atoms with van der Waals surface area (Å²) in [6.45, 7) is 8.80. The molecule has 3 nitrogen and oxygen atoms in total. The van der Waals surface area contributed by atoms with Crippen molar-refractivity contribution >= 4 is 29.0 Å². The van der Waals surface area contributed by atoms with Crippen LogP contribution in [0.1, 0.15) is 43.0 Å². The van der Waals surface area contributed by atoms with Gasteiger partial charge in [0.1, 0.15) is 0 Å². The molecule has 0 aliphatic carbocycles. The molecule has 4 heteroatoms. The number of amides is 2. The SMILES string of the molecule is Cc1ccccc1CN1C(=O)S/C(=C\c2ccc(C(C)(C)C)cc2)C1=O. The Kier molecular flexibility index (Phi) is 5.05. The van der Waals surface area contributed by atoms with E-state index in [9.17, 15) is 9.59 Å². The van der Waals surface area contributed by atoms with Crippen LogP contribution in [-0.4, -0.2) is 16.0 Å². The van der Waals surface area contributed by atoms with E-state index in [1.54, 1.807) is 6.08 Å². The van der Waals surface area contributed by atoms with E-state index in [4.69, 9.17) is 0 Å². The number of hydrogen-bond acceptors (Lipinski definition) is 3. The highest BCUT2D eigenvalue weighted by Gasteiger charge is 2.35. The Bertz CT molecular complexity index is 876. The van der Waals surface area contributed by atoms with Gasteiger partial charge >= 0.3 is 0 Å². The molecule has 0 unspecified atom stereocenters. The van der Waals surface area contributed by atoms with Crippen molar-refractivity contribution in [3.63, 3.8) is 0 Å². The summed E-state index contributed by atoms with van der Waals surface area (Å²) in [4.78, 5) is 26.8. The first-order chi connectivity index (χ1) is 12.3. The number of aryl methyl sites for hydroxylation is 1. The average molecular weight is 365 g/mol. The first-order valence-electron chi connectivity index (χ1n) is 8.66. The van der Waals surface area contributed by atoms with E-state index in [1.165, 1.54) is 10.5 Å². The summed E-state index contributed by atoms with van der Waals surface area (Å²) in [5.41, 5.74) is 4.32. The van der Waals surface area contributed by atoms with Gasteiger partial charge in [0.25, 0.3) is 11.1 Å². The van der Waals surface area contributed by atoms with E-state index in [2.05, 4.69) is 32.9 Å². The van der Waals surface area contributed by atoms with Gasteiger partial charge in [-0.25, -0.2) is 0 Å². The topological polar surface area (TPSA) is 37.4 Å². The van der Waals surface area contributed by atoms with Gasteiger partial charge in [0.2, 0.25) is 0 Å². The van der Waals surface area contributed by atoms with E-state index in [0.717, 1.165) is 28.5 Å². The Labute approximate surface area is 159 Å². The van der Waals surface area contributed by atoms with Crippen molar-refractivity contribution in [2.75, 3.05) is 0 Å². The molecule has 2 amide bonds. The van der Waals surface area contributed by atoms with Crippen LogP contribution >= 0.6 is 11.8 Å². The van der Waals surface area contributed by atoms with E-state index in [-0.39, 0.29) is 16.6 Å². The van der Waals surface area contributed by atoms with Gasteiger partial charge in [-0.2, -0.15) is 0 Å². The third kappa shape index (κ3) is 3.91. The van der Waals surface area contributed by atoms with Crippen molar-refractivity contribution in [3.8, 4) is 0 Å². The standard InChI is InChI=1S/C22H23NO2S/c1-15-7-5-6-8-17(15)14-23-20(24)19(26-21(23)25)13-16-9-11-18(12-10-16)22(2,3)4/h5-13H,14H2,1-4H3/b19-13-. The molecule has 1 fully saturated rings. The number of nitrogens with zero attached hydrogens (tertiary/aromatic N) is 1. The lowest BCUT2D eigenvalue weighted by Gasteiger charge is -2.18. The average Bonchev–Trinajstić information content (AvgIpc) is 2.84. The number of hydrogen-bond donors (Lipinski definition) is 0. The van der Waals surface area contributed by atoms with Crippen LogP contribution in [-0.2, 0) is 16.8 Å². The monoisotopic (exact) mass is 365 g/mol. The van der Waals surface area contributed by atoms with Gasteiger partial charge in [-0.05, 0) is 52.4 Å². The Hall–Kier alpha value is -2.33. The van der Waals surface area contributed by atoms with Crippen LogP contribution in [0.4, 0.5) is 4.79 Å². The second-order valence-electron chi connectivity index (χ2n) is 7.57. The largest absolute Gasteiger partial charge is 0.293 e. The predicted molar refractivity (Wildman–Crippen MR) is 108 cm³/mol. The molecule has 2 aromatic carbocycles. The Morgan fingerprint density at radius 1 is 1.00 bits per heavy atom. The molecule has 0 bridgehead atoms. The van der Waals surface area contributed by atoms with Crippen LogP contribution < -0.4 is 0 Å². The molecule has 1 aliphatic heterocycles. The normalized spacial score (nSPS) is 16.6. The minimum absolute atomic E-state index is 0.0872. The molecule has 1 aliphatic rings. The summed E-state index contributed by atoms with van der Waals surface area (Å²) in [5, 5.41) is -0.212. The lowest BCUT2D eigenvalue weighted by Crippen LogP contribution is -2.27. The van der Waals surface area contributed by atoms with Crippen molar-refractivity contribution in [2.45, 2.75) is 39.7 Å². The van der Waals surface area contributed by atoms with E-state index in [0.29, 0.717) is 11.4 Å². The second kappa shape index (κ2) is 7.12. The summed E-state index contributed by atoms with van der Waals surface area (Å²) in [6, 6.07) is 16.0. The van der Waals surface area contributed by atoms with Crippen LogP contribution in [0.25, 0.3) is 6.08 Å². The van der Waals surface area contributed by atoms with E-state index >= 15 is 0 Å². The molecule has 0 spiro atoms. The number of imide groups is 1. The number of carbonyl (C=O) groups is 2. The molecular formula is C22H23NO2S. The van der Waals surface area contributed by atoms with Crippen LogP contribution in [0, 0.1) is 6.92 Å². The zero-order chi connectivity index (χ0) is 18.9. The van der Waals surface area contributed by atoms with Gasteiger partial charge in [0.05, 0.1) is 11.4 Å². The molecule has 0 N–H and O–H groups in total. The molecule has 134 valence electrons. The maximum absolute atomic E-state index is 12.7. The summed E-state index contributed by atoms with van der Waals surface area (Å²) in [5.74, 6) is -0.219. The summed E-state index contributed by atoms with van der Waals surface area (Å²) in [7, 11) is 0. The van der Waals surface area contributed by atoms with Crippen molar-refractivity contribution in [1.29, 1.82) is 0 Å². The Balaban J connectivity index is 1.80. The molecule has 0 saturated carbocycles. The van der Waals surface area contributed by atoms with Gasteiger partial charge in [-0.15, -0.1) is 0 Å². The molecule has 3 rings (SSSR count). The van der Waals surface area contributed by atoms with Gasteiger partial charge in [-0.3, -0.25) is 14.5 Å². The summed E-state index contributed by atoms with van der Waals surface area (Å²) >= 11 is 1.01. The lowest BCUT2D eigenvalue weighted by atomic mass is 9.87. The highest BCUT2D eigenvalue weighted by Crippen LogP contribution is 2.34. The van der Waals surface area contributed by atoms with E-state index < -0.39 is 0 Å². The van der Waals surface area contributed by atoms with Gasteiger partial charge in [0, 0.05) is 0 Å². The second-order valence-corrected chi connectivity index (χ2v) is 8.56. The zero-order valence-corrected chi connectivity index (χ0v) is 16.4. The van der Waals surface area contributed by atoms with Crippen molar-refractivity contribution < 1.29 is 9.59 Å². The molecular weight excluding hydrogens is 342 g/mol. The third-order valence-corrected chi connectivity index (χ3v) is 5.45. The van der Waals surface area contributed by atoms with Crippen LogP contribution in [0.3, 0.4) is 0 Å². The van der Waals surface area contributed by atoms with Gasteiger partial charge < -0.3 is 0 Å². The first kappa shape index (κ1) is 18.5. The van der Waals surface area contributed by atoms with E-state index in [1.807, 2.05) is 43.3 Å². The molecule has 2 aromatic rings. The van der Waals surface area contributed by atoms with Crippen LogP contribution in [0.15, 0.2) is 53.4 Å². The zero-order valence-electron chi connectivity index (χ0n) is 15.6. The molecule has 0 aromatic heterocycles. The maximum Gasteiger partial charge on any atom is 0.293 e. The minimum Gasteiger partial charge on any atom is -0.268 e. The van der Waals surface area contributed by atoms with Crippen molar-refractivity contribution in [2.24, 2.45) is 0 Å². The molecule has 1 saturated heterocycles. The highest BCUT2D eigenvalue weighted by atomic mass is 32.2. The Morgan fingerprint density at radius 2 is 1.65 bits per heavy atom. The lowest BCUT2D eigenvalue weighted by molar-refractivity contribution is -0.123. The fraction of sp³-hybridized carbons (Fsp3) is 0.273. The summed E-state index contributed by atoms with van der Waals surface area (Å²) < 4.78 is 0. The van der Waals surface area contributed by atoms with Crippen molar-refractivity contribution in [1.82, 2.24) is 4.90 Å². The quantitative estimate of drug-likeness (QED) is 0.671. The third-order valence-electron chi connectivity index (χ3n) is 4.54. The number of rotatable bonds is 3. The fourth-order valence-corrected chi connectivity index (χ4v) is 3.66. The summed E-state index contributed by atoms with van der Waals surface area (Å²) in [6.07, 6.45) is 1.80. The maximum atomic E-state index is 12.7. The number of carbonyl (C=O) groups excluding carboxylic acids is 2. The predicted octanol–water partition coefficient (Wildman–Crippen LogP) is 5.53. The minimum atomic E-state index is -0.219. The van der Waals surface area contributed by atoms with Gasteiger partial charge in [-0.1, -0.05) is 69.3 Å². The number of benzene rings is 2. The fourth-order valence-electron chi connectivity index (χ4n) is 2.82. The van der Waals surface area contributed by atoms with Crippen molar-refractivity contribution in [3.05, 3.63) is 75.7 Å². The highest BCUT2D eigenvalue weighted by molar-refractivity contribution is 8.18.